The molecule has 4 nitrogen and oxygen atoms in total. The topological polar surface area (TPSA) is 51.0 Å². The third kappa shape index (κ3) is 2.57. The molecule has 1 aromatic heterocycles. The van der Waals surface area contributed by atoms with Crippen LogP contribution in [0.15, 0.2) is 27.2 Å². The van der Waals surface area contributed by atoms with Crippen molar-refractivity contribution in [1.82, 2.24) is 10.1 Å². The molecule has 2 rings (SSSR count). The molecule has 0 saturated heterocycles. The highest BCUT2D eigenvalue weighted by Gasteiger charge is 2.04. The highest BCUT2D eigenvalue weighted by molar-refractivity contribution is 9.10. The number of aromatic nitrogens is 2. The Balaban J connectivity index is 2.07. The Morgan fingerprint density at radius 3 is 3.00 bits per heavy atom. The van der Waals surface area contributed by atoms with Crippen LogP contribution in [0.3, 0.4) is 0 Å². The van der Waals surface area contributed by atoms with Crippen molar-refractivity contribution in [2.45, 2.75) is 13.5 Å². The monoisotopic (exact) mass is 285 g/mol. The lowest BCUT2D eigenvalue weighted by molar-refractivity contribution is 0.388. The first-order chi connectivity index (χ1) is 7.65. The van der Waals surface area contributed by atoms with E-state index in [1.807, 2.05) is 0 Å². The summed E-state index contributed by atoms with van der Waals surface area (Å²) >= 11 is 3.32. The summed E-state index contributed by atoms with van der Waals surface area (Å²) in [6, 6.07) is 4.42. The summed E-state index contributed by atoms with van der Waals surface area (Å²) in [5, 5.41) is 6.74. The van der Waals surface area contributed by atoms with Gasteiger partial charge >= 0.3 is 0 Å². The predicted molar refractivity (Wildman–Crippen MR) is 60.5 cm³/mol. The van der Waals surface area contributed by atoms with Gasteiger partial charge in [-0.3, -0.25) is 0 Å². The molecule has 0 bridgehead atoms. The van der Waals surface area contributed by atoms with Gasteiger partial charge in [0.05, 0.1) is 12.2 Å². The van der Waals surface area contributed by atoms with Crippen molar-refractivity contribution in [1.29, 1.82) is 0 Å². The van der Waals surface area contributed by atoms with E-state index >= 15 is 0 Å². The minimum absolute atomic E-state index is 0.296. The molecule has 2 aromatic rings. The van der Waals surface area contributed by atoms with Gasteiger partial charge in [-0.2, -0.15) is 4.98 Å². The Kier molecular flexibility index (Phi) is 3.19. The van der Waals surface area contributed by atoms with Gasteiger partial charge < -0.3 is 9.84 Å². The van der Waals surface area contributed by atoms with Gasteiger partial charge in [0.2, 0.25) is 5.89 Å². The summed E-state index contributed by atoms with van der Waals surface area (Å²) in [7, 11) is 0. The number of hydrogen-bond donors (Lipinski definition) is 1. The van der Waals surface area contributed by atoms with E-state index in [0.29, 0.717) is 23.9 Å². The van der Waals surface area contributed by atoms with Gasteiger partial charge in [0.25, 0.3) is 0 Å². The molecule has 0 aliphatic heterocycles. The molecule has 84 valence electrons. The van der Waals surface area contributed by atoms with Crippen molar-refractivity contribution in [3.8, 4) is 0 Å². The highest BCUT2D eigenvalue weighted by Crippen LogP contribution is 2.23. The Hall–Kier alpha value is -1.43. The van der Waals surface area contributed by atoms with Crippen molar-refractivity contribution >= 4 is 21.6 Å². The average molecular weight is 286 g/mol. The maximum absolute atomic E-state index is 13.0. The van der Waals surface area contributed by atoms with E-state index in [-0.39, 0.29) is 5.82 Å². The van der Waals surface area contributed by atoms with Crippen LogP contribution in [0.4, 0.5) is 10.1 Å². The highest BCUT2D eigenvalue weighted by atomic mass is 79.9. The number of halogens is 2. The molecule has 1 heterocycles. The van der Waals surface area contributed by atoms with Crippen LogP contribution in [-0.2, 0) is 6.54 Å². The molecule has 0 aliphatic rings. The van der Waals surface area contributed by atoms with Gasteiger partial charge in [0.15, 0.2) is 5.82 Å². The van der Waals surface area contributed by atoms with E-state index in [4.69, 9.17) is 4.52 Å². The number of aryl methyl sites for hydroxylation is 1. The lowest BCUT2D eigenvalue weighted by Gasteiger charge is -2.05. The SMILES string of the molecule is Cc1nc(CNc2cc(F)ccc2Br)no1. The third-order valence-electron chi connectivity index (χ3n) is 1.93. The van der Waals surface area contributed by atoms with E-state index in [2.05, 4.69) is 31.4 Å². The summed E-state index contributed by atoms with van der Waals surface area (Å²) in [6.45, 7) is 2.11. The second-order valence-electron chi connectivity index (χ2n) is 3.21. The van der Waals surface area contributed by atoms with Gasteiger partial charge in [-0.05, 0) is 34.1 Å². The lowest BCUT2D eigenvalue weighted by atomic mass is 10.3. The number of hydrogen-bond acceptors (Lipinski definition) is 4. The van der Waals surface area contributed by atoms with E-state index < -0.39 is 0 Å². The number of nitrogens with one attached hydrogen (secondary N) is 1. The molecule has 0 radical (unpaired) electrons. The predicted octanol–water partition coefficient (Wildman–Crippen LogP) is 2.89. The van der Waals surface area contributed by atoms with Gasteiger partial charge in [0.1, 0.15) is 5.82 Å². The molecule has 0 aliphatic carbocycles. The second-order valence-corrected chi connectivity index (χ2v) is 4.06. The molecule has 0 amide bonds. The first-order valence-corrected chi connectivity index (χ1v) is 5.42. The molecule has 0 fully saturated rings. The lowest BCUT2D eigenvalue weighted by Crippen LogP contribution is -2.02. The molecule has 1 N–H and O–H groups in total. The summed E-state index contributed by atoms with van der Waals surface area (Å²) in [5.74, 6) is 0.749. The van der Waals surface area contributed by atoms with Crippen LogP contribution in [0.1, 0.15) is 11.7 Å². The molecule has 0 saturated carbocycles. The van der Waals surface area contributed by atoms with Crippen molar-refractivity contribution in [3.05, 3.63) is 40.2 Å². The van der Waals surface area contributed by atoms with E-state index in [9.17, 15) is 4.39 Å². The maximum atomic E-state index is 13.0. The summed E-state index contributed by atoms with van der Waals surface area (Å²) in [5.41, 5.74) is 0.655. The zero-order valence-electron chi connectivity index (χ0n) is 8.50. The number of rotatable bonds is 3. The Labute approximate surface area is 100.0 Å². The second kappa shape index (κ2) is 4.61. The zero-order valence-corrected chi connectivity index (χ0v) is 10.1. The minimum atomic E-state index is -0.296. The fourth-order valence-electron chi connectivity index (χ4n) is 1.22. The number of benzene rings is 1. The maximum Gasteiger partial charge on any atom is 0.223 e. The normalized spacial score (nSPS) is 10.4. The van der Waals surface area contributed by atoms with Crippen molar-refractivity contribution in [3.63, 3.8) is 0 Å². The van der Waals surface area contributed by atoms with Crippen molar-refractivity contribution in [2.24, 2.45) is 0 Å². The summed E-state index contributed by atoms with van der Waals surface area (Å²) in [4.78, 5) is 4.03. The van der Waals surface area contributed by atoms with Crippen molar-refractivity contribution < 1.29 is 8.91 Å². The third-order valence-corrected chi connectivity index (χ3v) is 2.63. The first kappa shape index (κ1) is 11.1. The molecule has 0 spiro atoms. The van der Waals surface area contributed by atoms with Crippen LogP contribution in [0, 0.1) is 12.7 Å². The molecule has 0 unspecified atom stereocenters. The van der Waals surface area contributed by atoms with E-state index in [0.717, 1.165) is 4.47 Å². The van der Waals surface area contributed by atoms with Crippen LogP contribution >= 0.6 is 15.9 Å². The van der Waals surface area contributed by atoms with Gasteiger partial charge in [0, 0.05) is 11.4 Å². The minimum Gasteiger partial charge on any atom is -0.377 e. The molecule has 6 heteroatoms. The number of anilines is 1. The standard InChI is InChI=1S/C10H9BrFN3O/c1-6-14-10(15-16-6)5-13-9-4-7(12)2-3-8(9)11/h2-4,13H,5H2,1H3. The molecular formula is C10H9BrFN3O. The van der Waals surface area contributed by atoms with E-state index in [1.54, 1.807) is 13.0 Å². The van der Waals surface area contributed by atoms with E-state index in [1.165, 1.54) is 12.1 Å². The quantitative estimate of drug-likeness (QED) is 0.942. The molecule has 0 atom stereocenters. The fraction of sp³-hybridized carbons (Fsp3) is 0.200. The zero-order chi connectivity index (χ0) is 11.5. The summed E-state index contributed by atoms with van der Waals surface area (Å²) < 4.78 is 18.6. The molecule has 1 aromatic carbocycles. The van der Waals surface area contributed by atoms with Crippen LogP contribution < -0.4 is 5.32 Å². The molecule has 16 heavy (non-hydrogen) atoms. The van der Waals surface area contributed by atoms with Crippen LogP contribution in [0.5, 0.6) is 0 Å². The van der Waals surface area contributed by atoms with Gasteiger partial charge in [-0.25, -0.2) is 4.39 Å². The van der Waals surface area contributed by atoms with Crippen LogP contribution in [0.25, 0.3) is 0 Å². The van der Waals surface area contributed by atoms with Gasteiger partial charge in [-0.1, -0.05) is 5.16 Å². The average Bonchev–Trinajstić information content (AvgIpc) is 2.66. The van der Waals surface area contributed by atoms with Crippen molar-refractivity contribution in [2.75, 3.05) is 5.32 Å². The smallest absolute Gasteiger partial charge is 0.223 e. The Morgan fingerprint density at radius 1 is 1.50 bits per heavy atom. The van der Waals surface area contributed by atoms with Crippen LogP contribution in [0.2, 0.25) is 0 Å². The van der Waals surface area contributed by atoms with Gasteiger partial charge in [-0.15, -0.1) is 0 Å². The molecular weight excluding hydrogens is 277 g/mol. The Morgan fingerprint density at radius 2 is 2.31 bits per heavy atom. The largest absolute Gasteiger partial charge is 0.377 e. The van der Waals surface area contributed by atoms with Crippen LogP contribution in [-0.4, -0.2) is 10.1 Å². The first-order valence-electron chi connectivity index (χ1n) is 4.63. The Bertz CT molecular complexity index is 501. The fourth-order valence-corrected chi connectivity index (χ4v) is 1.61. The number of nitrogens with zero attached hydrogens (tertiary/aromatic N) is 2. The summed E-state index contributed by atoms with van der Waals surface area (Å²) in [6.07, 6.45) is 0.